The zero-order valence-electron chi connectivity index (χ0n) is 18.1. The van der Waals surface area contributed by atoms with Gasteiger partial charge in [-0.2, -0.15) is 18.2 Å². The number of carbonyl (C=O) groups is 1. The number of carbonyl (C=O) groups excluding carboxylic acids is 1. The summed E-state index contributed by atoms with van der Waals surface area (Å²) in [6.45, 7) is 3.20. The molecule has 0 aliphatic rings. The quantitative estimate of drug-likeness (QED) is 0.317. The molecule has 0 spiro atoms. The smallest absolute Gasteiger partial charge is 0.403 e. The molecule has 0 saturated carbocycles. The molecule has 7 nitrogen and oxygen atoms in total. The summed E-state index contributed by atoms with van der Waals surface area (Å²) in [5.41, 5.74) is 4.21. The Morgan fingerprint density at radius 3 is 2.47 bits per heavy atom. The van der Waals surface area contributed by atoms with E-state index in [2.05, 4.69) is 15.3 Å². The highest BCUT2D eigenvalue weighted by molar-refractivity contribution is 6.10. The summed E-state index contributed by atoms with van der Waals surface area (Å²) >= 11 is 0. The fourth-order valence-electron chi connectivity index (χ4n) is 3.50. The van der Waals surface area contributed by atoms with Gasteiger partial charge in [-0.3, -0.25) is 4.79 Å². The molecule has 0 radical (unpaired) electrons. The minimum atomic E-state index is -4.56. The Balaban J connectivity index is 1.78. The van der Waals surface area contributed by atoms with Crippen LogP contribution >= 0.6 is 0 Å². The minimum absolute atomic E-state index is 0.0380. The second-order valence-electron chi connectivity index (χ2n) is 7.73. The number of halogens is 3. The molecule has 2 heterocycles. The Hall–Kier alpha value is -4.21. The lowest BCUT2D eigenvalue weighted by atomic mass is 10.0. The van der Waals surface area contributed by atoms with Crippen molar-refractivity contribution < 1.29 is 22.4 Å². The second kappa shape index (κ2) is 8.62. The first-order valence-corrected chi connectivity index (χ1v) is 10.2. The van der Waals surface area contributed by atoms with E-state index in [-0.39, 0.29) is 39.6 Å². The standard InChI is InChI=1S/C24H19F3N4O3/c1-12(15-8-16(24(25,26)27)10-17(28)9-15)29-21-19-11-18(20(32)14-6-4-3-5-7-14)23(33)34-22(19)31-13(2)30-21/h3-12H,28H2,1-2H3,(H,29,30,31)/t12-/m1/s1. The van der Waals surface area contributed by atoms with Crippen LogP contribution in [0.5, 0.6) is 0 Å². The normalized spacial score (nSPS) is 12.5. The van der Waals surface area contributed by atoms with Crippen LogP contribution in [0.2, 0.25) is 0 Å². The van der Waals surface area contributed by atoms with E-state index in [9.17, 15) is 22.8 Å². The van der Waals surface area contributed by atoms with Crippen LogP contribution in [0.4, 0.5) is 24.7 Å². The second-order valence-corrected chi connectivity index (χ2v) is 7.73. The van der Waals surface area contributed by atoms with E-state index in [1.807, 2.05) is 0 Å². The van der Waals surface area contributed by atoms with Crippen LogP contribution in [0.15, 0.2) is 63.8 Å². The van der Waals surface area contributed by atoms with E-state index >= 15 is 0 Å². The van der Waals surface area contributed by atoms with Gasteiger partial charge in [0.25, 0.3) is 0 Å². The van der Waals surface area contributed by atoms with Gasteiger partial charge in [0.2, 0.25) is 5.71 Å². The molecule has 3 N–H and O–H groups in total. The first kappa shape index (κ1) is 23.0. The molecular weight excluding hydrogens is 449 g/mol. The molecule has 1 atom stereocenters. The summed E-state index contributed by atoms with van der Waals surface area (Å²) in [5, 5.41) is 3.26. The van der Waals surface area contributed by atoms with Gasteiger partial charge in [0.15, 0.2) is 5.78 Å². The van der Waals surface area contributed by atoms with E-state index in [0.717, 1.165) is 12.1 Å². The van der Waals surface area contributed by atoms with Crippen molar-refractivity contribution in [3.63, 3.8) is 0 Å². The number of fused-ring (bicyclic) bond motifs is 1. The molecule has 0 fully saturated rings. The van der Waals surface area contributed by atoms with Crippen molar-refractivity contribution in [1.29, 1.82) is 0 Å². The van der Waals surface area contributed by atoms with Crippen molar-refractivity contribution in [1.82, 2.24) is 9.97 Å². The first-order valence-electron chi connectivity index (χ1n) is 10.2. The van der Waals surface area contributed by atoms with Crippen molar-refractivity contribution >= 4 is 28.4 Å². The molecule has 2 aromatic carbocycles. The molecule has 4 aromatic rings. The maximum Gasteiger partial charge on any atom is 0.416 e. The molecule has 174 valence electrons. The highest BCUT2D eigenvalue weighted by Crippen LogP contribution is 2.34. The van der Waals surface area contributed by atoms with Gasteiger partial charge in [-0.15, -0.1) is 0 Å². The van der Waals surface area contributed by atoms with Crippen molar-refractivity contribution in [2.75, 3.05) is 11.1 Å². The molecule has 0 bridgehead atoms. The Morgan fingerprint density at radius 2 is 1.79 bits per heavy atom. The van der Waals surface area contributed by atoms with Crippen LogP contribution in [0.3, 0.4) is 0 Å². The number of alkyl halides is 3. The lowest BCUT2D eigenvalue weighted by molar-refractivity contribution is -0.137. The Labute approximate surface area is 191 Å². The number of nitrogens with two attached hydrogens (primary N) is 1. The first-order chi connectivity index (χ1) is 16.0. The van der Waals surface area contributed by atoms with Crippen LogP contribution in [-0.2, 0) is 6.18 Å². The molecule has 4 rings (SSSR count). The number of ketones is 1. The van der Waals surface area contributed by atoms with Gasteiger partial charge in [0, 0.05) is 11.3 Å². The Morgan fingerprint density at radius 1 is 1.09 bits per heavy atom. The Kier molecular flexibility index (Phi) is 5.82. The van der Waals surface area contributed by atoms with E-state index < -0.39 is 29.2 Å². The third-order valence-corrected chi connectivity index (χ3v) is 5.16. The number of anilines is 2. The van der Waals surface area contributed by atoms with Gasteiger partial charge >= 0.3 is 11.8 Å². The van der Waals surface area contributed by atoms with E-state index in [1.54, 1.807) is 44.2 Å². The molecule has 0 amide bonds. The number of nitrogen functional groups attached to an aromatic ring is 1. The zero-order chi connectivity index (χ0) is 24.6. The molecule has 0 unspecified atom stereocenters. The number of nitrogens with one attached hydrogen (secondary N) is 1. The topological polar surface area (TPSA) is 111 Å². The highest BCUT2D eigenvalue weighted by atomic mass is 19.4. The van der Waals surface area contributed by atoms with Gasteiger partial charge in [-0.25, -0.2) is 9.78 Å². The maximum atomic E-state index is 13.2. The number of rotatable bonds is 5. The summed E-state index contributed by atoms with van der Waals surface area (Å²) < 4.78 is 45.0. The van der Waals surface area contributed by atoms with Gasteiger partial charge in [0.1, 0.15) is 17.2 Å². The number of hydrogen-bond acceptors (Lipinski definition) is 7. The van der Waals surface area contributed by atoms with E-state index in [1.165, 1.54) is 12.1 Å². The number of aryl methyl sites for hydroxylation is 1. The fraction of sp³-hybridized carbons (Fsp3) is 0.167. The van der Waals surface area contributed by atoms with Gasteiger partial charge in [-0.05, 0) is 43.7 Å². The predicted molar refractivity (Wildman–Crippen MR) is 121 cm³/mol. The van der Waals surface area contributed by atoms with Crippen LogP contribution < -0.4 is 16.7 Å². The molecule has 34 heavy (non-hydrogen) atoms. The minimum Gasteiger partial charge on any atom is -0.403 e. The van der Waals surface area contributed by atoms with E-state index in [0.29, 0.717) is 5.56 Å². The monoisotopic (exact) mass is 468 g/mol. The van der Waals surface area contributed by atoms with Crippen LogP contribution in [0, 0.1) is 6.92 Å². The summed E-state index contributed by atoms with van der Waals surface area (Å²) in [5.74, 6) is -0.0886. The maximum absolute atomic E-state index is 13.2. The van der Waals surface area contributed by atoms with E-state index in [4.69, 9.17) is 10.2 Å². The zero-order valence-corrected chi connectivity index (χ0v) is 18.1. The molecule has 0 saturated heterocycles. The van der Waals surface area contributed by atoms with Gasteiger partial charge in [0.05, 0.1) is 17.0 Å². The number of hydrogen-bond donors (Lipinski definition) is 2. The fourth-order valence-corrected chi connectivity index (χ4v) is 3.50. The van der Waals surface area contributed by atoms with Gasteiger partial charge < -0.3 is 15.5 Å². The molecule has 10 heteroatoms. The van der Waals surface area contributed by atoms with Crippen molar-refractivity contribution in [3.05, 3.63) is 93.1 Å². The van der Waals surface area contributed by atoms with Crippen molar-refractivity contribution in [2.24, 2.45) is 0 Å². The molecule has 2 aromatic heterocycles. The number of nitrogens with zero attached hydrogens (tertiary/aromatic N) is 2. The third kappa shape index (κ3) is 4.61. The van der Waals surface area contributed by atoms with Gasteiger partial charge in [-0.1, -0.05) is 30.3 Å². The lowest BCUT2D eigenvalue weighted by Crippen LogP contribution is -2.17. The average Bonchev–Trinajstić information content (AvgIpc) is 2.77. The summed E-state index contributed by atoms with van der Waals surface area (Å²) in [4.78, 5) is 33.8. The Bertz CT molecular complexity index is 1450. The highest BCUT2D eigenvalue weighted by Gasteiger charge is 2.31. The van der Waals surface area contributed by atoms with Crippen molar-refractivity contribution in [2.45, 2.75) is 26.1 Å². The lowest BCUT2D eigenvalue weighted by Gasteiger charge is -2.19. The molecule has 0 aliphatic carbocycles. The molecular formula is C24H19F3N4O3. The third-order valence-electron chi connectivity index (χ3n) is 5.16. The number of benzene rings is 2. The van der Waals surface area contributed by atoms with Crippen molar-refractivity contribution in [3.8, 4) is 0 Å². The summed E-state index contributed by atoms with van der Waals surface area (Å²) in [6, 6.07) is 12.1. The predicted octanol–water partition coefficient (Wildman–Crippen LogP) is 4.90. The largest absolute Gasteiger partial charge is 0.416 e. The summed E-state index contributed by atoms with van der Waals surface area (Å²) in [6.07, 6.45) is -4.56. The number of aromatic nitrogens is 2. The van der Waals surface area contributed by atoms with Crippen LogP contribution in [0.25, 0.3) is 11.1 Å². The summed E-state index contributed by atoms with van der Waals surface area (Å²) in [7, 11) is 0. The molecule has 0 aliphatic heterocycles. The average molecular weight is 468 g/mol. The SMILES string of the molecule is Cc1nc(N[C@H](C)c2cc(N)cc(C(F)(F)F)c2)c2cc(C(=O)c3ccccc3)c(=O)oc2n1. The van der Waals surface area contributed by atoms with Crippen LogP contribution in [-0.4, -0.2) is 15.8 Å². The van der Waals surface area contributed by atoms with Crippen LogP contribution in [0.1, 0.15) is 45.8 Å².